The zero-order valence-electron chi connectivity index (χ0n) is 10.1. The Hall–Kier alpha value is -0.890. The Morgan fingerprint density at radius 1 is 1.31 bits per heavy atom. The van der Waals surface area contributed by atoms with Gasteiger partial charge >= 0.3 is 0 Å². The fourth-order valence-corrected chi connectivity index (χ4v) is 2.61. The monoisotopic (exact) mass is 221 g/mol. The van der Waals surface area contributed by atoms with Crippen LogP contribution in [-0.4, -0.2) is 13.6 Å². The lowest BCUT2D eigenvalue weighted by molar-refractivity contribution is 0.174. The minimum atomic E-state index is -0.123. The first-order chi connectivity index (χ1) is 7.70. The maximum absolute atomic E-state index is 13.0. The van der Waals surface area contributed by atoms with Crippen molar-refractivity contribution in [2.24, 2.45) is 11.8 Å². The Morgan fingerprint density at radius 2 is 2.06 bits per heavy atom. The maximum Gasteiger partial charge on any atom is 0.123 e. The first-order valence-electron chi connectivity index (χ1n) is 6.10. The predicted octanol–water partition coefficient (Wildman–Crippen LogP) is 2.92. The van der Waals surface area contributed by atoms with Crippen LogP contribution in [0.2, 0.25) is 0 Å². The van der Waals surface area contributed by atoms with Crippen molar-refractivity contribution in [3.63, 3.8) is 0 Å². The zero-order valence-corrected chi connectivity index (χ0v) is 10.1. The van der Waals surface area contributed by atoms with E-state index in [-0.39, 0.29) is 5.82 Å². The SMILES string of the molecule is CNCC1CCC1Cc1ccc(F)cc1C. The lowest BCUT2D eigenvalue weighted by atomic mass is 9.70. The molecule has 2 atom stereocenters. The lowest BCUT2D eigenvalue weighted by Crippen LogP contribution is -2.35. The summed E-state index contributed by atoms with van der Waals surface area (Å²) in [6.07, 6.45) is 3.77. The van der Waals surface area contributed by atoms with Crippen LogP contribution in [0.25, 0.3) is 0 Å². The summed E-state index contributed by atoms with van der Waals surface area (Å²) in [5.74, 6) is 1.48. The summed E-state index contributed by atoms with van der Waals surface area (Å²) in [4.78, 5) is 0. The highest BCUT2D eigenvalue weighted by Gasteiger charge is 2.30. The van der Waals surface area contributed by atoms with Crippen LogP contribution in [0.4, 0.5) is 4.39 Å². The molecule has 0 amide bonds. The van der Waals surface area contributed by atoms with Crippen LogP contribution in [0.3, 0.4) is 0 Å². The van der Waals surface area contributed by atoms with Crippen molar-refractivity contribution in [1.29, 1.82) is 0 Å². The molecule has 1 aromatic rings. The van der Waals surface area contributed by atoms with E-state index in [2.05, 4.69) is 5.32 Å². The highest BCUT2D eigenvalue weighted by Crippen LogP contribution is 2.36. The van der Waals surface area contributed by atoms with Gasteiger partial charge in [-0.15, -0.1) is 0 Å². The van der Waals surface area contributed by atoms with Crippen LogP contribution < -0.4 is 5.32 Å². The Bertz CT molecular complexity index is 362. The van der Waals surface area contributed by atoms with Gasteiger partial charge in [-0.3, -0.25) is 0 Å². The first-order valence-corrected chi connectivity index (χ1v) is 6.10. The summed E-state index contributed by atoms with van der Waals surface area (Å²) in [5.41, 5.74) is 2.40. The second-order valence-corrected chi connectivity index (χ2v) is 4.93. The molecule has 2 rings (SSSR count). The molecule has 2 heteroatoms. The second-order valence-electron chi connectivity index (χ2n) is 4.93. The summed E-state index contributed by atoms with van der Waals surface area (Å²) in [7, 11) is 2.01. The highest BCUT2D eigenvalue weighted by molar-refractivity contribution is 5.27. The van der Waals surface area contributed by atoms with Crippen LogP contribution >= 0.6 is 0 Å². The molecule has 1 aromatic carbocycles. The number of hydrogen-bond acceptors (Lipinski definition) is 1. The Morgan fingerprint density at radius 3 is 2.62 bits per heavy atom. The summed E-state index contributed by atoms with van der Waals surface area (Å²) in [6, 6.07) is 5.16. The molecule has 1 aliphatic rings. The Kier molecular flexibility index (Phi) is 3.59. The Labute approximate surface area is 97.1 Å². The summed E-state index contributed by atoms with van der Waals surface area (Å²) in [5, 5.41) is 3.25. The Balaban J connectivity index is 1.98. The third-order valence-corrected chi connectivity index (χ3v) is 3.83. The van der Waals surface area contributed by atoms with E-state index < -0.39 is 0 Å². The molecule has 0 saturated heterocycles. The molecule has 1 N–H and O–H groups in total. The molecule has 0 radical (unpaired) electrons. The van der Waals surface area contributed by atoms with Gasteiger partial charge in [0, 0.05) is 0 Å². The average molecular weight is 221 g/mol. The number of halogens is 1. The van der Waals surface area contributed by atoms with Gasteiger partial charge in [0.25, 0.3) is 0 Å². The summed E-state index contributed by atoms with van der Waals surface area (Å²) >= 11 is 0. The molecule has 2 unspecified atom stereocenters. The molecular weight excluding hydrogens is 201 g/mol. The minimum absolute atomic E-state index is 0.123. The van der Waals surface area contributed by atoms with E-state index >= 15 is 0 Å². The molecule has 1 aliphatic carbocycles. The smallest absolute Gasteiger partial charge is 0.123 e. The van der Waals surface area contributed by atoms with E-state index in [1.807, 2.05) is 20.0 Å². The van der Waals surface area contributed by atoms with E-state index in [4.69, 9.17) is 0 Å². The van der Waals surface area contributed by atoms with Gasteiger partial charge in [-0.25, -0.2) is 4.39 Å². The molecule has 16 heavy (non-hydrogen) atoms. The fourth-order valence-electron chi connectivity index (χ4n) is 2.61. The topological polar surface area (TPSA) is 12.0 Å². The van der Waals surface area contributed by atoms with E-state index in [0.29, 0.717) is 0 Å². The summed E-state index contributed by atoms with van der Waals surface area (Å²) in [6.45, 7) is 3.12. The quantitative estimate of drug-likeness (QED) is 0.824. The van der Waals surface area contributed by atoms with Crippen LogP contribution in [-0.2, 0) is 6.42 Å². The average Bonchev–Trinajstić information content (AvgIpc) is 2.23. The molecule has 1 nitrogen and oxygen atoms in total. The van der Waals surface area contributed by atoms with E-state index in [0.717, 1.165) is 30.4 Å². The van der Waals surface area contributed by atoms with Crippen molar-refractivity contribution in [3.8, 4) is 0 Å². The first kappa shape index (κ1) is 11.6. The van der Waals surface area contributed by atoms with Gasteiger partial charge in [-0.2, -0.15) is 0 Å². The van der Waals surface area contributed by atoms with E-state index in [1.165, 1.54) is 18.4 Å². The van der Waals surface area contributed by atoms with Gasteiger partial charge in [-0.1, -0.05) is 6.07 Å². The number of rotatable bonds is 4. The molecular formula is C14H20FN. The third-order valence-electron chi connectivity index (χ3n) is 3.83. The normalized spacial score (nSPS) is 24.2. The molecule has 0 aromatic heterocycles. The second kappa shape index (κ2) is 4.96. The minimum Gasteiger partial charge on any atom is -0.319 e. The van der Waals surface area contributed by atoms with Crippen molar-refractivity contribution < 1.29 is 4.39 Å². The van der Waals surface area contributed by atoms with Crippen LogP contribution in [0.1, 0.15) is 24.0 Å². The largest absolute Gasteiger partial charge is 0.319 e. The third kappa shape index (κ3) is 2.43. The molecule has 0 heterocycles. The van der Waals surface area contributed by atoms with Gasteiger partial charge in [-0.05, 0) is 74.9 Å². The summed E-state index contributed by atoms with van der Waals surface area (Å²) < 4.78 is 13.0. The number of benzene rings is 1. The lowest BCUT2D eigenvalue weighted by Gasteiger charge is -2.37. The molecule has 1 fully saturated rings. The van der Waals surface area contributed by atoms with Crippen molar-refractivity contribution in [1.82, 2.24) is 5.32 Å². The zero-order chi connectivity index (χ0) is 11.5. The van der Waals surface area contributed by atoms with E-state index in [9.17, 15) is 4.39 Å². The molecule has 0 aliphatic heterocycles. The van der Waals surface area contributed by atoms with Gasteiger partial charge in [0.1, 0.15) is 5.82 Å². The molecule has 0 spiro atoms. The number of hydrogen-bond donors (Lipinski definition) is 1. The van der Waals surface area contributed by atoms with E-state index in [1.54, 1.807) is 12.1 Å². The van der Waals surface area contributed by atoms with Crippen molar-refractivity contribution in [2.45, 2.75) is 26.2 Å². The van der Waals surface area contributed by atoms with Gasteiger partial charge in [0.15, 0.2) is 0 Å². The maximum atomic E-state index is 13.0. The van der Waals surface area contributed by atoms with Crippen LogP contribution in [0, 0.1) is 24.6 Å². The molecule has 1 saturated carbocycles. The number of nitrogens with one attached hydrogen (secondary N) is 1. The molecule has 88 valence electrons. The van der Waals surface area contributed by atoms with Crippen LogP contribution in [0.5, 0.6) is 0 Å². The fraction of sp³-hybridized carbons (Fsp3) is 0.571. The predicted molar refractivity (Wildman–Crippen MR) is 65.0 cm³/mol. The van der Waals surface area contributed by atoms with Gasteiger partial charge in [0.05, 0.1) is 0 Å². The van der Waals surface area contributed by atoms with Crippen molar-refractivity contribution >= 4 is 0 Å². The van der Waals surface area contributed by atoms with Crippen LogP contribution in [0.15, 0.2) is 18.2 Å². The van der Waals surface area contributed by atoms with Gasteiger partial charge in [0.2, 0.25) is 0 Å². The van der Waals surface area contributed by atoms with Crippen molar-refractivity contribution in [3.05, 3.63) is 35.1 Å². The molecule has 0 bridgehead atoms. The highest BCUT2D eigenvalue weighted by atomic mass is 19.1. The number of aryl methyl sites for hydroxylation is 1. The van der Waals surface area contributed by atoms with Gasteiger partial charge < -0.3 is 5.32 Å². The standard InChI is InChI=1S/C14H20FN/c1-10-7-14(15)6-5-11(10)8-12-3-4-13(12)9-16-2/h5-7,12-13,16H,3-4,8-9H2,1-2H3. The van der Waals surface area contributed by atoms with Crippen molar-refractivity contribution in [2.75, 3.05) is 13.6 Å².